The molecule has 1 N–H and O–H groups in total. The fraction of sp³-hybridized carbons (Fsp3) is 0.227. The van der Waals surface area contributed by atoms with Crippen molar-refractivity contribution in [1.82, 2.24) is 19.1 Å². The second-order valence-electron chi connectivity index (χ2n) is 7.76. The number of aryl methyl sites for hydroxylation is 1. The third kappa shape index (κ3) is 4.39. The van der Waals surface area contributed by atoms with Crippen LogP contribution in [0.3, 0.4) is 0 Å². The van der Waals surface area contributed by atoms with E-state index in [0.29, 0.717) is 21.3 Å². The number of amides is 1. The van der Waals surface area contributed by atoms with Crippen molar-refractivity contribution in [2.75, 3.05) is 12.4 Å². The van der Waals surface area contributed by atoms with Crippen LogP contribution in [-0.4, -0.2) is 46.5 Å². The number of nitrogens with one attached hydrogen (secondary N) is 1. The third-order valence-electron chi connectivity index (χ3n) is 5.13. The van der Waals surface area contributed by atoms with Crippen molar-refractivity contribution < 1.29 is 17.6 Å². The number of anilines is 1. The number of carbonyl (C=O) groups excluding carboxylic acids is 1. The van der Waals surface area contributed by atoms with Gasteiger partial charge in [-0.1, -0.05) is 17.4 Å². The van der Waals surface area contributed by atoms with Crippen LogP contribution in [0.4, 0.5) is 10.2 Å². The lowest BCUT2D eigenvalue weighted by atomic mass is 10.2. The Balaban J connectivity index is 1.60. The summed E-state index contributed by atoms with van der Waals surface area (Å²) in [6, 6.07) is 11.9. The van der Waals surface area contributed by atoms with Gasteiger partial charge < -0.3 is 5.32 Å². The highest BCUT2D eigenvalue weighted by atomic mass is 32.2. The summed E-state index contributed by atoms with van der Waals surface area (Å²) in [5, 5.41) is 7.57. The first-order valence-electron chi connectivity index (χ1n) is 10.1. The summed E-state index contributed by atoms with van der Waals surface area (Å²) in [7, 11) is -2.13. The van der Waals surface area contributed by atoms with E-state index >= 15 is 0 Å². The maximum atomic E-state index is 14.1. The third-order valence-corrected chi connectivity index (χ3v) is 8.18. The zero-order chi connectivity index (χ0) is 23.9. The SMILES string of the molecule is Cc1cc(NC(=O)c2ccc(S(=O)(=O)N(C)C(C)C)cc2)n(-c2nc3c(F)cccc3s2)n1. The molecule has 0 aliphatic heterocycles. The number of sulfonamides is 1. The van der Waals surface area contributed by atoms with Gasteiger partial charge in [0.25, 0.3) is 5.91 Å². The molecule has 33 heavy (non-hydrogen) atoms. The van der Waals surface area contributed by atoms with Gasteiger partial charge in [-0.2, -0.15) is 14.1 Å². The molecule has 0 radical (unpaired) electrons. The van der Waals surface area contributed by atoms with Gasteiger partial charge in [-0.25, -0.2) is 17.8 Å². The number of nitrogens with zero attached hydrogens (tertiary/aromatic N) is 4. The molecule has 2 aromatic heterocycles. The predicted molar refractivity (Wildman–Crippen MR) is 126 cm³/mol. The molecule has 4 rings (SSSR count). The normalized spacial score (nSPS) is 12.1. The average Bonchev–Trinajstić information content (AvgIpc) is 3.37. The molecule has 0 unspecified atom stereocenters. The van der Waals surface area contributed by atoms with Crippen molar-refractivity contribution in [3.05, 3.63) is 65.6 Å². The van der Waals surface area contributed by atoms with Gasteiger partial charge in [0.15, 0.2) is 0 Å². The summed E-state index contributed by atoms with van der Waals surface area (Å²) in [6.07, 6.45) is 0. The largest absolute Gasteiger partial charge is 0.306 e. The zero-order valence-corrected chi connectivity index (χ0v) is 20.0. The monoisotopic (exact) mass is 487 g/mol. The lowest BCUT2D eigenvalue weighted by Crippen LogP contribution is -2.33. The Morgan fingerprint density at radius 1 is 1.18 bits per heavy atom. The molecule has 0 bridgehead atoms. The maximum Gasteiger partial charge on any atom is 0.256 e. The number of halogens is 1. The van der Waals surface area contributed by atoms with E-state index in [1.54, 1.807) is 39.0 Å². The Kier molecular flexibility index (Phi) is 6.04. The number of hydrogen-bond acceptors (Lipinski definition) is 6. The summed E-state index contributed by atoms with van der Waals surface area (Å²) in [6.45, 7) is 5.33. The topological polar surface area (TPSA) is 97.2 Å². The smallest absolute Gasteiger partial charge is 0.256 e. The number of thiazole rings is 1. The molecule has 11 heteroatoms. The van der Waals surface area contributed by atoms with Crippen LogP contribution in [0.5, 0.6) is 0 Å². The first kappa shape index (κ1) is 23.0. The van der Waals surface area contributed by atoms with E-state index in [9.17, 15) is 17.6 Å². The van der Waals surface area contributed by atoms with E-state index in [2.05, 4.69) is 15.4 Å². The predicted octanol–water partition coefficient (Wildman–Crippen LogP) is 4.21. The van der Waals surface area contributed by atoms with Gasteiger partial charge in [-0.05, 0) is 57.2 Å². The highest BCUT2D eigenvalue weighted by molar-refractivity contribution is 7.89. The number of aromatic nitrogens is 3. The van der Waals surface area contributed by atoms with E-state index in [1.165, 1.54) is 57.7 Å². The molecular formula is C22H22FN5O3S2. The first-order valence-corrected chi connectivity index (χ1v) is 12.3. The molecule has 1 amide bonds. The average molecular weight is 488 g/mol. The van der Waals surface area contributed by atoms with E-state index < -0.39 is 21.7 Å². The molecular weight excluding hydrogens is 465 g/mol. The van der Waals surface area contributed by atoms with Crippen molar-refractivity contribution in [3.8, 4) is 5.13 Å². The number of fused-ring (bicyclic) bond motifs is 1. The van der Waals surface area contributed by atoms with Crippen molar-refractivity contribution >= 4 is 43.3 Å². The van der Waals surface area contributed by atoms with Crippen LogP contribution >= 0.6 is 11.3 Å². The van der Waals surface area contributed by atoms with E-state index in [0.717, 1.165) is 0 Å². The summed E-state index contributed by atoms with van der Waals surface area (Å²) >= 11 is 1.25. The molecule has 0 saturated carbocycles. The number of carbonyl (C=O) groups is 1. The molecule has 0 atom stereocenters. The van der Waals surface area contributed by atoms with Crippen LogP contribution in [-0.2, 0) is 10.0 Å². The Morgan fingerprint density at radius 3 is 2.52 bits per heavy atom. The number of rotatable bonds is 6. The van der Waals surface area contributed by atoms with Gasteiger partial charge in [-0.3, -0.25) is 4.79 Å². The van der Waals surface area contributed by atoms with E-state index in [-0.39, 0.29) is 22.0 Å². The second kappa shape index (κ2) is 8.65. The van der Waals surface area contributed by atoms with Crippen molar-refractivity contribution in [1.29, 1.82) is 0 Å². The van der Waals surface area contributed by atoms with Gasteiger partial charge in [0.1, 0.15) is 17.2 Å². The first-order chi connectivity index (χ1) is 15.6. The van der Waals surface area contributed by atoms with Gasteiger partial charge in [0.05, 0.1) is 15.3 Å². The zero-order valence-electron chi connectivity index (χ0n) is 18.4. The van der Waals surface area contributed by atoms with Crippen LogP contribution in [0.15, 0.2) is 53.4 Å². The lowest BCUT2D eigenvalue weighted by molar-refractivity contribution is 0.102. The molecule has 0 fully saturated rings. The van der Waals surface area contributed by atoms with Gasteiger partial charge >= 0.3 is 0 Å². The molecule has 8 nitrogen and oxygen atoms in total. The van der Waals surface area contributed by atoms with E-state index in [1.807, 2.05) is 0 Å². The van der Waals surface area contributed by atoms with Crippen LogP contribution in [0.25, 0.3) is 15.3 Å². The van der Waals surface area contributed by atoms with Gasteiger partial charge in [0.2, 0.25) is 15.2 Å². The molecule has 0 saturated heterocycles. The van der Waals surface area contributed by atoms with Crippen molar-refractivity contribution in [2.45, 2.75) is 31.7 Å². The van der Waals surface area contributed by atoms with Crippen LogP contribution in [0.1, 0.15) is 29.9 Å². The summed E-state index contributed by atoms with van der Waals surface area (Å²) in [5.74, 6) is -0.500. The fourth-order valence-corrected chi connectivity index (χ4v) is 5.45. The number of para-hydroxylation sites is 1. The summed E-state index contributed by atoms with van der Waals surface area (Å²) in [5.41, 5.74) is 1.16. The Hall–Kier alpha value is -3.15. The molecule has 4 aromatic rings. The minimum absolute atomic E-state index is 0.104. The van der Waals surface area contributed by atoms with Crippen molar-refractivity contribution in [3.63, 3.8) is 0 Å². The molecule has 172 valence electrons. The number of hydrogen-bond donors (Lipinski definition) is 1. The Bertz CT molecular complexity index is 1440. The highest BCUT2D eigenvalue weighted by Gasteiger charge is 2.23. The Morgan fingerprint density at radius 2 is 1.88 bits per heavy atom. The second-order valence-corrected chi connectivity index (χ2v) is 10.8. The molecule has 2 aromatic carbocycles. The van der Waals surface area contributed by atoms with Crippen molar-refractivity contribution in [2.24, 2.45) is 0 Å². The quantitative estimate of drug-likeness (QED) is 0.439. The maximum absolute atomic E-state index is 14.1. The van der Waals surface area contributed by atoms with Gasteiger partial charge in [0, 0.05) is 24.7 Å². The molecule has 0 aliphatic carbocycles. The standard InChI is InChI=1S/C22H22FN5O3S2/c1-13(2)27(4)33(30,31)16-10-8-15(9-11-16)21(29)24-19-12-14(3)26-28(19)22-25-20-17(23)6-5-7-18(20)32-22/h5-13H,1-4H3,(H,24,29). The molecule has 0 spiro atoms. The summed E-state index contributed by atoms with van der Waals surface area (Å²) < 4.78 is 42.7. The number of benzene rings is 2. The van der Waals surface area contributed by atoms with E-state index in [4.69, 9.17) is 0 Å². The lowest BCUT2D eigenvalue weighted by Gasteiger charge is -2.21. The summed E-state index contributed by atoms with van der Waals surface area (Å²) in [4.78, 5) is 17.3. The van der Waals surface area contributed by atoms with Crippen LogP contribution in [0.2, 0.25) is 0 Å². The highest BCUT2D eigenvalue weighted by Crippen LogP contribution is 2.29. The molecule has 0 aliphatic rings. The van der Waals surface area contributed by atoms with Crippen LogP contribution in [0, 0.1) is 12.7 Å². The van der Waals surface area contributed by atoms with Crippen LogP contribution < -0.4 is 5.32 Å². The minimum atomic E-state index is -3.65. The molecule has 2 heterocycles. The minimum Gasteiger partial charge on any atom is -0.306 e. The Labute approximate surface area is 194 Å². The van der Waals surface area contributed by atoms with Gasteiger partial charge in [-0.15, -0.1) is 0 Å². The fourth-order valence-electron chi connectivity index (χ4n) is 3.14.